The first-order valence-corrected chi connectivity index (χ1v) is 10.4. The monoisotopic (exact) mass is 384 g/mol. The maximum absolute atomic E-state index is 11.8. The van der Waals surface area contributed by atoms with Crippen LogP contribution in [0.4, 0.5) is 0 Å². The summed E-state index contributed by atoms with van der Waals surface area (Å²) in [5.74, 6) is 0.805. The Bertz CT molecular complexity index is 834. The molecule has 0 spiro atoms. The second-order valence-electron chi connectivity index (χ2n) is 6.90. The van der Waals surface area contributed by atoms with Crippen LogP contribution in [0, 0.1) is 0 Å². The first-order chi connectivity index (χ1) is 13.2. The Hall–Kier alpha value is -2.02. The number of fused-ring (bicyclic) bond motifs is 2. The fraction of sp³-hybridized carbons (Fsp3) is 0.381. The number of benzene rings is 2. The predicted octanol–water partition coefficient (Wildman–Crippen LogP) is 2.87. The summed E-state index contributed by atoms with van der Waals surface area (Å²) in [7, 11) is 0. The van der Waals surface area contributed by atoms with E-state index in [0.29, 0.717) is 18.6 Å². The molecule has 0 unspecified atom stereocenters. The third-order valence-corrected chi connectivity index (χ3v) is 6.32. The molecule has 0 atom stereocenters. The molecule has 2 heterocycles. The highest BCUT2D eigenvalue weighted by atomic mass is 32.2. The van der Waals surface area contributed by atoms with Crippen molar-refractivity contribution < 1.29 is 14.6 Å². The van der Waals surface area contributed by atoms with Crippen molar-refractivity contribution in [2.75, 3.05) is 38.5 Å². The molecule has 6 heteroatoms. The van der Waals surface area contributed by atoms with Crippen molar-refractivity contribution in [2.45, 2.75) is 17.9 Å². The van der Waals surface area contributed by atoms with Gasteiger partial charge in [0.2, 0.25) is 0 Å². The minimum atomic E-state index is -0.875. The van der Waals surface area contributed by atoms with E-state index in [1.165, 1.54) is 11.1 Å². The highest BCUT2D eigenvalue weighted by Crippen LogP contribution is 2.38. The lowest BCUT2D eigenvalue weighted by Gasteiger charge is -2.27. The number of piperazine rings is 1. The molecule has 0 radical (unpaired) electrons. The fourth-order valence-corrected chi connectivity index (χ4v) is 4.89. The summed E-state index contributed by atoms with van der Waals surface area (Å²) in [5, 5.41) is 13.1. The van der Waals surface area contributed by atoms with Crippen molar-refractivity contribution >= 4 is 17.7 Å². The summed E-state index contributed by atoms with van der Waals surface area (Å²) in [6.07, 6.45) is 0.711. The van der Waals surface area contributed by atoms with Gasteiger partial charge in [-0.3, -0.25) is 4.90 Å². The lowest BCUT2D eigenvalue weighted by atomic mass is 9.99. The largest absolute Gasteiger partial charge is 0.489 e. The Labute approximate surface area is 163 Å². The molecule has 0 amide bonds. The molecular weight excluding hydrogens is 360 g/mol. The molecule has 27 heavy (non-hydrogen) atoms. The zero-order valence-corrected chi connectivity index (χ0v) is 16.1. The fourth-order valence-electron chi connectivity index (χ4n) is 3.67. The molecule has 5 nitrogen and oxygen atoms in total. The SMILES string of the molecule is O=C(O)c1ccc2c(c1SCCN1CCNCC1)Cc1ccccc1CO2. The second kappa shape index (κ2) is 8.33. The van der Waals surface area contributed by atoms with Crippen LogP contribution in [0.25, 0.3) is 0 Å². The smallest absolute Gasteiger partial charge is 0.336 e. The molecule has 2 aromatic rings. The molecule has 2 aromatic carbocycles. The first-order valence-electron chi connectivity index (χ1n) is 9.37. The van der Waals surface area contributed by atoms with E-state index in [1.54, 1.807) is 17.8 Å². The lowest BCUT2D eigenvalue weighted by molar-refractivity contribution is 0.0693. The van der Waals surface area contributed by atoms with Crippen LogP contribution in [0.1, 0.15) is 27.0 Å². The van der Waals surface area contributed by atoms with Crippen LogP contribution in [-0.2, 0) is 13.0 Å². The number of rotatable bonds is 5. The van der Waals surface area contributed by atoms with Crippen molar-refractivity contribution in [1.82, 2.24) is 10.2 Å². The lowest BCUT2D eigenvalue weighted by Crippen LogP contribution is -2.44. The van der Waals surface area contributed by atoms with Gasteiger partial charge in [-0.05, 0) is 23.3 Å². The van der Waals surface area contributed by atoms with E-state index < -0.39 is 5.97 Å². The second-order valence-corrected chi connectivity index (χ2v) is 8.00. The number of nitrogens with zero attached hydrogens (tertiary/aromatic N) is 1. The van der Waals surface area contributed by atoms with Crippen molar-refractivity contribution in [1.29, 1.82) is 0 Å². The van der Waals surface area contributed by atoms with Crippen LogP contribution in [0.2, 0.25) is 0 Å². The molecular formula is C21H24N2O3S. The molecule has 0 saturated carbocycles. The van der Waals surface area contributed by atoms with Gasteiger partial charge in [-0.2, -0.15) is 0 Å². The number of hydrogen-bond donors (Lipinski definition) is 2. The van der Waals surface area contributed by atoms with E-state index in [2.05, 4.69) is 22.3 Å². The number of aromatic carboxylic acids is 1. The number of carbonyl (C=O) groups is 1. The topological polar surface area (TPSA) is 61.8 Å². The first kappa shape index (κ1) is 18.3. The van der Waals surface area contributed by atoms with Crippen LogP contribution in [0.15, 0.2) is 41.3 Å². The van der Waals surface area contributed by atoms with Crippen LogP contribution >= 0.6 is 11.8 Å². The number of hydrogen-bond acceptors (Lipinski definition) is 5. The Morgan fingerprint density at radius 2 is 1.93 bits per heavy atom. The molecule has 0 bridgehead atoms. The van der Waals surface area contributed by atoms with Gasteiger partial charge >= 0.3 is 5.97 Å². The summed E-state index contributed by atoms with van der Waals surface area (Å²) in [6, 6.07) is 11.7. The average Bonchev–Trinajstić information content (AvgIpc) is 2.88. The van der Waals surface area contributed by atoms with Crippen LogP contribution < -0.4 is 10.1 Å². The summed E-state index contributed by atoms with van der Waals surface area (Å²) in [5.41, 5.74) is 3.76. The standard InChI is InChI=1S/C21H24N2O3S/c24-21(25)17-5-6-19-18(13-15-3-1-2-4-16(15)14-26-19)20(17)27-12-11-23-9-7-22-8-10-23/h1-6,22H,7-14H2,(H,24,25). The van der Waals surface area contributed by atoms with Gasteiger partial charge in [0.05, 0.1) is 5.56 Å². The highest BCUT2D eigenvalue weighted by Gasteiger charge is 2.23. The Kier molecular flexibility index (Phi) is 5.66. The van der Waals surface area contributed by atoms with Crippen molar-refractivity contribution in [3.63, 3.8) is 0 Å². The minimum Gasteiger partial charge on any atom is -0.489 e. The number of thioether (sulfide) groups is 1. The van der Waals surface area contributed by atoms with Crippen LogP contribution in [-0.4, -0.2) is 54.5 Å². The number of nitrogens with one attached hydrogen (secondary N) is 1. The van der Waals surface area contributed by atoms with Gasteiger partial charge in [-0.15, -0.1) is 11.8 Å². The summed E-state index contributed by atoms with van der Waals surface area (Å²) < 4.78 is 6.02. The number of carboxylic acids is 1. The van der Waals surface area contributed by atoms with E-state index in [1.807, 2.05) is 18.2 Å². The normalized spacial score (nSPS) is 16.7. The van der Waals surface area contributed by atoms with Crippen LogP contribution in [0.5, 0.6) is 5.75 Å². The van der Waals surface area contributed by atoms with E-state index >= 15 is 0 Å². The molecule has 1 saturated heterocycles. The third-order valence-electron chi connectivity index (χ3n) is 5.18. The molecule has 2 N–H and O–H groups in total. The van der Waals surface area contributed by atoms with Gasteiger partial charge in [-0.25, -0.2) is 4.79 Å². The number of ether oxygens (including phenoxy) is 1. The predicted molar refractivity (Wildman–Crippen MR) is 107 cm³/mol. The van der Waals surface area contributed by atoms with Gasteiger partial charge in [-0.1, -0.05) is 24.3 Å². The molecule has 0 aromatic heterocycles. The molecule has 2 aliphatic rings. The van der Waals surface area contributed by atoms with Gasteiger partial charge < -0.3 is 15.2 Å². The molecule has 0 aliphatic carbocycles. The van der Waals surface area contributed by atoms with E-state index in [-0.39, 0.29) is 0 Å². The summed E-state index contributed by atoms with van der Waals surface area (Å²) >= 11 is 1.64. The average molecular weight is 385 g/mol. The maximum atomic E-state index is 11.8. The Balaban J connectivity index is 1.60. The van der Waals surface area contributed by atoms with Crippen molar-refractivity contribution in [2.24, 2.45) is 0 Å². The third kappa shape index (κ3) is 4.13. The minimum absolute atomic E-state index is 0.377. The highest BCUT2D eigenvalue weighted by molar-refractivity contribution is 7.99. The molecule has 142 valence electrons. The quantitative estimate of drug-likeness (QED) is 0.773. The summed E-state index contributed by atoms with van der Waals surface area (Å²) in [6.45, 7) is 5.64. The van der Waals surface area contributed by atoms with Gasteiger partial charge in [0, 0.05) is 55.4 Å². The molecule has 1 fully saturated rings. The number of carboxylic acid groups (broad SMARTS) is 1. The zero-order valence-electron chi connectivity index (χ0n) is 15.2. The Morgan fingerprint density at radius 1 is 1.15 bits per heavy atom. The van der Waals surface area contributed by atoms with Crippen molar-refractivity contribution in [3.05, 3.63) is 58.7 Å². The van der Waals surface area contributed by atoms with Crippen LogP contribution in [0.3, 0.4) is 0 Å². The summed E-state index contributed by atoms with van der Waals surface area (Å²) in [4.78, 5) is 15.1. The van der Waals surface area contributed by atoms with E-state index in [4.69, 9.17) is 4.74 Å². The molecule has 2 aliphatic heterocycles. The van der Waals surface area contributed by atoms with E-state index in [0.717, 1.165) is 54.7 Å². The molecule has 4 rings (SSSR count). The zero-order chi connectivity index (χ0) is 18.6. The van der Waals surface area contributed by atoms with Crippen molar-refractivity contribution in [3.8, 4) is 5.75 Å². The van der Waals surface area contributed by atoms with E-state index in [9.17, 15) is 9.90 Å². The Morgan fingerprint density at radius 3 is 2.70 bits per heavy atom. The van der Waals surface area contributed by atoms with Gasteiger partial charge in [0.15, 0.2) is 0 Å². The van der Waals surface area contributed by atoms with Gasteiger partial charge in [0.25, 0.3) is 0 Å². The van der Waals surface area contributed by atoms with Gasteiger partial charge in [0.1, 0.15) is 12.4 Å². The maximum Gasteiger partial charge on any atom is 0.336 e.